The first kappa shape index (κ1) is 24.6. The van der Waals surface area contributed by atoms with E-state index in [0.717, 1.165) is 5.56 Å². The van der Waals surface area contributed by atoms with Gasteiger partial charge in [-0.25, -0.2) is 9.55 Å². The first-order valence-corrected chi connectivity index (χ1v) is 12.5. The second-order valence-corrected chi connectivity index (χ2v) is 9.95. The van der Waals surface area contributed by atoms with Crippen molar-refractivity contribution in [3.05, 3.63) is 48.3 Å². The highest BCUT2D eigenvalue weighted by Gasteiger charge is 2.33. The van der Waals surface area contributed by atoms with Crippen molar-refractivity contribution in [2.45, 2.75) is 32.4 Å². The van der Waals surface area contributed by atoms with Crippen molar-refractivity contribution in [1.82, 2.24) is 24.6 Å². The second-order valence-electron chi connectivity index (χ2n) is 8.25. The number of nitrogens with one attached hydrogen (secondary N) is 1. The van der Waals surface area contributed by atoms with Crippen LogP contribution in [0.4, 0.5) is 5.95 Å². The molecule has 2 heterocycles. The van der Waals surface area contributed by atoms with Crippen LogP contribution in [-0.2, 0) is 13.9 Å². The number of benzene rings is 1. The van der Waals surface area contributed by atoms with E-state index in [1.54, 1.807) is 24.5 Å². The van der Waals surface area contributed by atoms with Crippen LogP contribution in [0.15, 0.2) is 42.7 Å². The van der Waals surface area contributed by atoms with Crippen LogP contribution in [0, 0.1) is 12.8 Å². The molecule has 4 N–H and O–H groups in total. The molecule has 0 saturated heterocycles. The number of rotatable bonds is 10. The Morgan fingerprint density at radius 1 is 1.37 bits per heavy atom. The van der Waals surface area contributed by atoms with Gasteiger partial charge < -0.3 is 24.7 Å². The average Bonchev–Trinajstić information content (AvgIpc) is 3.44. The van der Waals surface area contributed by atoms with Gasteiger partial charge in [-0.2, -0.15) is 15.1 Å². The largest absolute Gasteiger partial charge is 0.480 e. The molecule has 1 unspecified atom stereocenters. The van der Waals surface area contributed by atoms with E-state index in [4.69, 9.17) is 19.5 Å². The van der Waals surface area contributed by atoms with Crippen molar-refractivity contribution in [2.24, 2.45) is 5.92 Å². The van der Waals surface area contributed by atoms with Crippen LogP contribution in [0.2, 0.25) is 0 Å². The van der Waals surface area contributed by atoms with Gasteiger partial charge in [-0.05, 0) is 38.0 Å². The Morgan fingerprint density at radius 2 is 2.17 bits per heavy atom. The molecule has 4 rings (SSSR count). The summed E-state index contributed by atoms with van der Waals surface area (Å²) in [7, 11) is -2.51. The molecule has 0 fully saturated rings. The summed E-state index contributed by atoms with van der Waals surface area (Å²) in [6.07, 6.45) is 6.16. The van der Waals surface area contributed by atoms with Gasteiger partial charge in [0.15, 0.2) is 11.2 Å². The number of allylic oxidation sites excluding steroid dienone is 1. The number of hydrogen-bond acceptors (Lipinski definition) is 9. The van der Waals surface area contributed by atoms with Crippen molar-refractivity contribution in [3.63, 3.8) is 0 Å². The summed E-state index contributed by atoms with van der Waals surface area (Å²) >= 11 is 0. The summed E-state index contributed by atoms with van der Waals surface area (Å²) in [6.45, 7) is 3.28. The molecule has 1 aliphatic rings. The van der Waals surface area contributed by atoms with Crippen molar-refractivity contribution < 1.29 is 28.3 Å². The van der Waals surface area contributed by atoms with Gasteiger partial charge >= 0.3 is 13.7 Å². The number of methoxy groups -OCH3 is 1. The number of nitrogen functional groups attached to an aromatic ring is 1. The number of imidazole rings is 1. The molecule has 35 heavy (non-hydrogen) atoms. The molecule has 4 atom stereocenters. The number of aryl methyl sites for hydroxylation is 1. The highest BCUT2D eigenvalue weighted by Crippen LogP contribution is 2.46. The third kappa shape index (κ3) is 5.61. The number of aromatic nitrogens is 4. The number of ether oxygens (including phenoxy) is 1. The summed E-state index contributed by atoms with van der Waals surface area (Å²) in [4.78, 5) is 24.0. The Morgan fingerprint density at radius 3 is 2.89 bits per heavy atom. The maximum atomic E-state index is 13.5. The number of carboxylic acid groups (broad SMARTS) is 1. The Kier molecular flexibility index (Phi) is 7.06. The number of anilines is 1. The molecule has 0 amide bonds. The molecule has 3 aromatic rings. The maximum absolute atomic E-state index is 13.5. The molecule has 12 nitrogen and oxygen atoms in total. The van der Waals surface area contributed by atoms with Crippen LogP contribution >= 0.6 is 7.75 Å². The fourth-order valence-corrected chi connectivity index (χ4v) is 5.30. The predicted molar refractivity (Wildman–Crippen MR) is 128 cm³/mol. The number of aliphatic carboxylic acids is 1. The minimum Gasteiger partial charge on any atom is -0.480 e. The summed E-state index contributed by atoms with van der Waals surface area (Å²) in [6, 6.07) is 5.70. The average molecular weight is 502 g/mol. The quantitative estimate of drug-likeness (QED) is 0.276. The fourth-order valence-electron chi connectivity index (χ4n) is 3.76. The van der Waals surface area contributed by atoms with Crippen LogP contribution in [-0.4, -0.2) is 50.4 Å². The summed E-state index contributed by atoms with van der Waals surface area (Å²) in [5.74, 6) is -0.609. The summed E-state index contributed by atoms with van der Waals surface area (Å²) in [5, 5.41) is 11.8. The van der Waals surface area contributed by atoms with E-state index >= 15 is 0 Å². The van der Waals surface area contributed by atoms with Gasteiger partial charge in [-0.3, -0.25) is 9.32 Å². The van der Waals surface area contributed by atoms with Gasteiger partial charge in [-0.15, -0.1) is 0 Å². The first-order chi connectivity index (χ1) is 16.7. The third-order valence-corrected chi connectivity index (χ3v) is 7.15. The lowest BCUT2D eigenvalue weighted by atomic mass is 10.1. The molecule has 0 bridgehead atoms. The minimum absolute atomic E-state index is 0.0442. The van der Waals surface area contributed by atoms with E-state index in [1.807, 2.05) is 29.7 Å². The third-order valence-electron chi connectivity index (χ3n) is 5.50. The smallest absolute Gasteiger partial charge is 0.459 e. The molecule has 1 aliphatic carbocycles. The van der Waals surface area contributed by atoms with Crippen LogP contribution < -0.4 is 20.1 Å². The Bertz CT molecular complexity index is 1310. The molecular formula is C22H27N6O6P. The van der Waals surface area contributed by atoms with Gasteiger partial charge in [0, 0.05) is 5.92 Å². The number of fused-ring (bicyclic) bond motifs is 1. The minimum atomic E-state index is -4.00. The van der Waals surface area contributed by atoms with Crippen molar-refractivity contribution in [3.8, 4) is 11.6 Å². The first-order valence-electron chi connectivity index (χ1n) is 10.9. The number of nitrogens with two attached hydrogens (primary N) is 1. The molecule has 0 spiro atoms. The van der Waals surface area contributed by atoms with E-state index in [0.29, 0.717) is 29.2 Å². The number of nitrogens with zero attached hydrogens (tertiary/aromatic N) is 4. The van der Waals surface area contributed by atoms with Crippen molar-refractivity contribution >= 4 is 30.8 Å². The summed E-state index contributed by atoms with van der Waals surface area (Å²) in [5.41, 5.74) is 7.74. The molecule has 1 aromatic carbocycles. The zero-order valence-electron chi connectivity index (χ0n) is 19.5. The Hall–Kier alpha value is -3.47. The highest BCUT2D eigenvalue weighted by atomic mass is 31.2. The van der Waals surface area contributed by atoms with Crippen LogP contribution in [0.25, 0.3) is 11.2 Å². The van der Waals surface area contributed by atoms with Gasteiger partial charge in [0.05, 0.1) is 26.1 Å². The Labute approximate surface area is 201 Å². The second kappa shape index (κ2) is 10.0. The van der Waals surface area contributed by atoms with Gasteiger partial charge in [0.1, 0.15) is 11.8 Å². The van der Waals surface area contributed by atoms with E-state index in [1.165, 1.54) is 14.0 Å². The molecule has 0 aliphatic heterocycles. The van der Waals surface area contributed by atoms with Gasteiger partial charge in [0.25, 0.3) is 0 Å². The Balaban J connectivity index is 1.47. The molecule has 0 radical (unpaired) electrons. The molecular weight excluding hydrogens is 475 g/mol. The van der Waals surface area contributed by atoms with E-state index in [2.05, 4.69) is 20.0 Å². The molecule has 186 valence electrons. The lowest BCUT2D eigenvalue weighted by molar-refractivity contribution is -0.138. The zero-order chi connectivity index (χ0) is 25.2. The van der Waals surface area contributed by atoms with Crippen LogP contribution in [0.5, 0.6) is 11.6 Å². The predicted octanol–water partition coefficient (Wildman–Crippen LogP) is 3.11. The van der Waals surface area contributed by atoms with Crippen LogP contribution in [0.1, 0.15) is 24.9 Å². The standard InChI is InChI=1S/C22H27N6O6P/c1-13-5-4-6-17(9-13)34-35(31,27-14(2)21(29)30)33-11-15-7-8-16(10-15)28-12-24-18-19(28)25-22(23)26-20(18)32-3/h4-9,12,14-16H,10-11H2,1-3H3,(H,27,31)(H,29,30)(H2,23,25,26)/t14-,15+,16-,35?/m0/s1. The van der Waals surface area contributed by atoms with Crippen LogP contribution in [0.3, 0.4) is 0 Å². The van der Waals surface area contributed by atoms with Crippen molar-refractivity contribution in [1.29, 1.82) is 0 Å². The number of carboxylic acids is 1. The normalized spacial score (nSPS) is 20.0. The summed E-state index contributed by atoms with van der Waals surface area (Å²) < 4.78 is 31.9. The molecule has 2 aromatic heterocycles. The maximum Gasteiger partial charge on any atom is 0.459 e. The van der Waals surface area contributed by atoms with E-state index in [-0.39, 0.29) is 24.5 Å². The lowest BCUT2D eigenvalue weighted by Gasteiger charge is -2.23. The highest BCUT2D eigenvalue weighted by molar-refractivity contribution is 7.52. The topological polar surface area (TPSA) is 164 Å². The number of carbonyl (C=O) groups is 1. The van der Waals surface area contributed by atoms with Gasteiger partial charge in [-0.1, -0.05) is 24.3 Å². The SMILES string of the molecule is COc1nc(N)nc2c1ncn2[C@H]1C=C[C@@H](COP(=O)(N[C@@H](C)C(=O)O)Oc2cccc(C)c2)C1. The molecule has 13 heteroatoms. The zero-order valence-corrected chi connectivity index (χ0v) is 20.4. The van der Waals surface area contributed by atoms with Crippen molar-refractivity contribution in [2.75, 3.05) is 19.5 Å². The van der Waals surface area contributed by atoms with E-state index < -0.39 is 19.8 Å². The van der Waals surface area contributed by atoms with Gasteiger partial charge in [0.2, 0.25) is 11.8 Å². The molecule has 0 saturated carbocycles. The monoisotopic (exact) mass is 502 g/mol. The fraction of sp³-hybridized carbons (Fsp3) is 0.364. The number of hydrogen-bond donors (Lipinski definition) is 3. The van der Waals surface area contributed by atoms with E-state index in [9.17, 15) is 14.5 Å². The lowest BCUT2D eigenvalue weighted by Crippen LogP contribution is -2.33.